The number of anilines is 1. The fourth-order valence-electron chi connectivity index (χ4n) is 1.83. The fraction of sp³-hybridized carbons (Fsp3) is 0.538. The van der Waals surface area contributed by atoms with Gasteiger partial charge in [0, 0.05) is 17.1 Å². The molecule has 1 nitrogen and oxygen atoms in total. The Kier molecular flexibility index (Phi) is 18.8. The summed E-state index contributed by atoms with van der Waals surface area (Å²) in [5.74, 6) is 0. The first-order valence-electron chi connectivity index (χ1n) is 5.60. The summed E-state index contributed by atoms with van der Waals surface area (Å²) >= 11 is 5.17. The van der Waals surface area contributed by atoms with Crippen LogP contribution in [0.4, 0.5) is 5.69 Å². The maximum Gasteiger partial charge on any atom is 1.00 e. The zero-order valence-corrected chi connectivity index (χ0v) is 23.4. The van der Waals surface area contributed by atoms with E-state index >= 15 is 0 Å². The maximum absolute atomic E-state index is 5.17. The first kappa shape index (κ1) is 27.0. The second-order valence-corrected chi connectivity index (χ2v) is 4.77. The van der Waals surface area contributed by atoms with Crippen molar-refractivity contribution in [1.82, 2.24) is 0 Å². The molecule has 0 radical (unpaired) electrons. The third-order valence-electron chi connectivity index (χ3n) is 3.14. The van der Waals surface area contributed by atoms with E-state index in [9.17, 15) is 0 Å². The molecule has 0 amide bonds. The van der Waals surface area contributed by atoms with Crippen LogP contribution in [0.25, 0.3) is 0 Å². The van der Waals surface area contributed by atoms with E-state index in [1.807, 2.05) is 19.9 Å². The molecule has 1 aliphatic rings. The predicted molar refractivity (Wildman–Crippen MR) is 69.5 cm³/mol. The zero-order chi connectivity index (χ0) is 11.6. The van der Waals surface area contributed by atoms with E-state index in [0.29, 0.717) is 6.04 Å². The van der Waals surface area contributed by atoms with Gasteiger partial charge in [-0.25, -0.2) is 0 Å². The Morgan fingerprint density at radius 3 is 2.11 bits per heavy atom. The van der Waals surface area contributed by atoms with Gasteiger partial charge < -0.3 is 17.9 Å². The van der Waals surface area contributed by atoms with Crippen LogP contribution in [0.3, 0.4) is 0 Å². The first-order chi connectivity index (χ1) is 7.01. The Morgan fingerprint density at radius 1 is 1.11 bits per heavy atom. The number of fused-ring (bicyclic) bond motifs is 1. The molecule has 1 N–H and O–H groups in total. The SMILES string of the molecule is CC.CC1Nc2ccc([S-])cc2C1(C)C.[K+].[K+].[K+]. The van der Waals surface area contributed by atoms with Crippen molar-refractivity contribution in [2.24, 2.45) is 0 Å². The van der Waals surface area contributed by atoms with Crippen molar-refractivity contribution in [3.05, 3.63) is 23.8 Å². The molecule has 0 saturated heterocycles. The molecule has 2 rings (SSSR count). The van der Waals surface area contributed by atoms with Crippen molar-refractivity contribution in [1.29, 1.82) is 0 Å². The molecular weight excluding hydrogens is 320 g/mol. The Balaban J connectivity index is -0.000000429. The molecule has 5 heteroatoms. The van der Waals surface area contributed by atoms with Crippen LogP contribution in [0, 0.1) is 0 Å². The second-order valence-electron chi connectivity index (χ2n) is 4.30. The summed E-state index contributed by atoms with van der Waals surface area (Å²) in [5.41, 5.74) is 2.79. The maximum atomic E-state index is 5.17. The summed E-state index contributed by atoms with van der Waals surface area (Å²) in [4.78, 5) is 0.933. The van der Waals surface area contributed by atoms with Crippen LogP contribution < -0.4 is 159 Å². The molecule has 0 spiro atoms. The van der Waals surface area contributed by atoms with Crippen molar-refractivity contribution in [2.75, 3.05) is 5.32 Å². The third-order valence-corrected chi connectivity index (χ3v) is 3.39. The van der Waals surface area contributed by atoms with Gasteiger partial charge in [-0.2, -0.15) is 4.90 Å². The minimum atomic E-state index is 0. The summed E-state index contributed by atoms with van der Waals surface area (Å²) < 4.78 is 0. The molecule has 0 bridgehead atoms. The molecule has 0 saturated carbocycles. The Hall–Kier alpha value is 4.15. The van der Waals surface area contributed by atoms with Gasteiger partial charge in [0.25, 0.3) is 0 Å². The van der Waals surface area contributed by atoms with Gasteiger partial charge >= 0.3 is 154 Å². The van der Waals surface area contributed by atoms with E-state index in [1.54, 1.807) is 0 Å². The Morgan fingerprint density at radius 2 is 1.61 bits per heavy atom. The smallest absolute Gasteiger partial charge is 0.780 e. The van der Waals surface area contributed by atoms with Crippen molar-refractivity contribution in [3.63, 3.8) is 0 Å². The van der Waals surface area contributed by atoms with Gasteiger partial charge in [-0.15, -0.1) is 0 Å². The zero-order valence-electron chi connectivity index (χ0n) is 13.2. The number of nitrogens with one attached hydrogen (secondary N) is 1. The summed E-state index contributed by atoms with van der Waals surface area (Å²) in [6.07, 6.45) is 0. The van der Waals surface area contributed by atoms with Gasteiger partial charge in [0.15, 0.2) is 0 Å². The van der Waals surface area contributed by atoms with Gasteiger partial charge in [0.2, 0.25) is 0 Å². The van der Waals surface area contributed by atoms with Crippen molar-refractivity contribution in [3.8, 4) is 0 Å². The quantitative estimate of drug-likeness (QED) is 0.374. The second kappa shape index (κ2) is 12.6. The molecule has 0 fully saturated rings. The Labute approximate surface area is 245 Å². The van der Waals surface area contributed by atoms with Crippen LogP contribution in [0.15, 0.2) is 23.1 Å². The topological polar surface area (TPSA) is 12.0 Å². The van der Waals surface area contributed by atoms with Crippen LogP contribution in [0.2, 0.25) is 0 Å². The molecule has 1 aromatic rings. The summed E-state index contributed by atoms with van der Waals surface area (Å²) in [5, 5.41) is 3.47. The van der Waals surface area contributed by atoms with Crippen LogP contribution in [-0.4, -0.2) is 6.04 Å². The number of hydrogen-bond donors (Lipinski definition) is 1. The molecule has 0 aromatic heterocycles. The van der Waals surface area contributed by atoms with Crippen molar-refractivity contribution < 1.29 is 154 Å². The molecular formula is C13H20K3NS+2. The molecule has 0 aliphatic carbocycles. The summed E-state index contributed by atoms with van der Waals surface area (Å²) in [6.45, 7) is 10.7. The molecule has 1 heterocycles. The normalized spacial score (nSPS) is 17.5. The first-order valence-corrected chi connectivity index (χ1v) is 6.01. The summed E-state index contributed by atoms with van der Waals surface area (Å²) in [6, 6.07) is 6.67. The van der Waals surface area contributed by atoms with Crippen LogP contribution >= 0.6 is 0 Å². The molecule has 1 aliphatic heterocycles. The molecule has 84 valence electrons. The van der Waals surface area contributed by atoms with E-state index in [0.717, 1.165) is 4.90 Å². The number of rotatable bonds is 0. The van der Waals surface area contributed by atoms with Crippen LogP contribution in [0.1, 0.15) is 40.2 Å². The minimum Gasteiger partial charge on any atom is -0.780 e. The van der Waals surface area contributed by atoms with Crippen LogP contribution in [0.5, 0.6) is 0 Å². The van der Waals surface area contributed by atoms with E-state index < -0.39 is 0 Å². The molecule has 1 unspecified atom stereocenters. The molecule has 1 aromatic carbocycles. The van der Waals surface area contributed by atoms with Crippen molar-refractivity contribution in [2.45, 2.75) is 51.0 Å². The average molecular weight is 340 g/mol. The fourth-order valence-corrected chi connectivity index (χ4v) is 2.02. The van der Waals surface area contributed by atoms with Gasteiger partial charge in [0.1, 0.15) is 0 Å². The molecule has 18 heavy (non-hydrogen) atoms. The van der Waals surface area contributed by atoms with Crippen molar-refractivity contribution >= 4 is 18.3 Å². The summed E-state index contributed by atoms with van der Waals surface area (Å²) in [7, 11) is 0. The predicted octanol–water partition coefficient (Wildman–Crippen LogP) is -5.28. The van der Waals surface area contributed by atoms with E-state index in [4.69, 9.17) is 12.6 Å². The monoisotopic (exact) mass is 339 g/mol. The van der Waals surface area contributed by atoms with Gasteiger partial charge in [-0.1, -0.05) is 39.8 Å². The van der Waals surface area contributed by atoms with Gasteiger partial charge in [-0.05, 0) is 18.6 Å². The Bertz CT molecular complexity index is 356. The number of hydrogen-bond acceptors (Lipinski definition) is 2. The largest absolute Gasteiger partial charge is 1.00 e. The van der Waals surface area contributed by atoms with E-state index in [-0.39, 0.29) is 160 Å². The molecule has 1 atom stereocenters. The average Bonchev–Trinajstić information content (AvgIpc) is 2.43. The van der Waals surface area contributed by atoms with E-state index in [2.05, 4.69) is 38.2 Å². The number of benzene rings is 1. The standard InChI is InChI=1S/C11H15NS.C2H6.3K/c1-7-11(2,3)9-6-8(13)4-5-10(9)12-7;1-2;;;/h4-7,12-13H,1-3H3;1-2H3;;;/q;;3*+1/p-1. The minimum absolute atomic E-state index is 0. The third kappa shape index (κ3) is 6.72. The van der Waals surface area contributed by atoms with Gasteiger partial charge in [-0.3, -0.25) is 0 Å². The van der Waals surface area contributed by atoms with Crippen LogP contribution in [-0.2, 0) is 18.0 Å². The van der Waals surface area contributed by atoms with Gasteiger partial charge in [0.05, 0.1) is 0 Å². The van der Waals surface area contributed by atoms with E-state index in [1.165, 1.54) is 11.3 Å².